The van der Waals surface area contributed by atoms with Gasteiger partial charge in [0.05, 0.1) is 7.11 Å². The van der Waals surface area contributed by atoms with Crippen LogP contribution in [0.4, 0.5) is 4.79 Å². The number of ether oxygens (including phenoxy) is 1. The van der Waals surface area contributed by atoms with E-state index in [-0.39, 0.29) is 13.1 Å². The van der Waals surface area contributed by atoms with Crippen molar-refractivity contribution in [2.45, 2.75) is 30.6 Å². The minimum atomic E-state index is -3.95. The van der Waals surface area contributed by atoms with Gasteiger partial charge in [-0.2, -0.15) is 4.31 Å². The van der Waals surface area contributed by atoms with Gasteiger partial charge < -0.3 is 10.1 Å². The summed E-state index contributed by atoms with van der Waals surface area (Å²) in [5.74, 6) is -1.41. The van der Waals surface area contributed by atoms with Gasteiger partial charge >= 0.3 is 12.0 Å². The lowest BCUT2D eigenvalue weighted by Gasteiger charge is -2.37. The van der Waals surface area contributed by atoms with Crippen LogP contribution in [0, 0.1) is 0 Å². The van der Waals surface area contributed by atoms with Crippen molar-refractivity contribution in [3.8, 4) is 0 Å². The van der Waals surface area contributed by atoms with E-state index in [4.69, 9.17) is 0 Å². The summed E-state index contributed by atoms with van der Waals surface area (Å²) in [5, 5.41) is 3.23. The molecule has 2 unspecified atom stereocenters. The molecule has 0 aliphatic carbocycles. The molecule has 0 saturated carbocycles. The third-order valence-corrected chi connectivity index (χ3v) is 5.93. The van der Waals surface area contributed by atoms with Gasteiger partial charge in [-0.15, -0.1) is 0 Å². The predicted molar refractivity (Wildman–Crippen MR) is 70.6 cm³/mol. The molecule has 2 heterocycles. The molecule has 9 nitrogen and oxygen atoms in total. The van der Waals surface area contributed by atoms with E-state index in [1.807, 2.05) is 0 Å². The third kappa shape index (κ3) is 2.60. The molecule has 2 rings (SSSR count). The predicted octanol–water partition coefficient (Wildman–Crippen LogP) is -1.45. The number of imide groups is 1. The molecule has 3 amide bonds. The van der Waals surface area contributed by atoms with Crippen LogP contribution >= 0.6 is 0 Å². The number of rotatable bonds is 3. The Kier molecular flexibility index (Phi) is 3.93. The van der Waals surface area contributed by atoms with Crippen molar-refractivity contribution in [1.82, 2.24) is 14.9 Å². The zero-order valence-corrected chi connectivity index (χ0v) is 12.5. The Morgan fingerprint density at radius 2 is 2.10 bits per heavy atom. The maximum absolute atomic E-state index is 12.4. The van der Waals surface area contributed by atoms with Crippen molar-refractivity contribution in [3.05, 3.63) is 0 Å². The van der Waals surface area contributed by atoms with Crippen molar-refractivity contribution in [1.29, 1.82) is 0 Å². The first-order valence-electron chi connectivity index (χ1n) is 6.43. The number of nitrogens with zero attached hydrogens (tertiary/aromatic N) is 1. The first kappa shape index (κ1) is 15.7. The Labute approximate surface area is 122 Å². The molecule has 2 saturated heterocycles. The Morgan fingerprint density at radius 1 is 1.43 bits per heavy atom. The van der Waals surface area contributed by atoms with Crippen LogP contribution in [-0.4, -0.2) is 61.6 Å². The standard InChI is InChI=1S/C11H17N3O6S/c1-7(8(15)20-2)21(18,19)14-5-3-4-11(6-14)9(16)12-10(17)13-11/h7H,3-6H2,1-2H3,(H2,12,13,16,17). The maximum Gasteiger partial charge on any atom is 0.325 e. The molecule has 2 aliphatic rings. The largest absolute Gasteiger partial charge is 0.468 e. The number of sulfonamides is 1. The van der Waals surface area contributed by atoms with E-state index >= 15 is 0 Å². The molecule has 21 heavy (non-hydrogen) atoms. The number of hydrogen-bond donors (Lipinski definition) is 2. The van der Waals surface area contributed by atoms with Gasteiger partial charge in [0.1, 0.15) is 5.54 Å². The van der Waals surface area contributed by atoms with E-state index in [2.05, 4.69) is 15.4 Å². The summed E-state index contributed by atoms with van der Waals surface area (Å²) in [6, 6.07) is -0.639. The molecular weight excluding hydrogens is 302 g/mol. The molecule has 0 aromatic carbocycles. The summed E-state index contributed by atoms with van der Waals surface area (Å²) in [4.78, 5) is 34.6. The average molecular weight is 319 g/mol. The summed E-state index contributed by atoms with van der Waals surface area (Å²) in [6.45, 7) is 1.23. The fourth-order valence-corrected chi connectivity index (χ4v) is 4.13. The van der Waals surface area contributed by atoms with Gasteiger partial charge in [-0.1, -0.05) is 0 Å². The van der Waals surface area contributed by atoms with Crippen molar-refractivity contribution in [2.24, 2.45) is 0 Å². The third-order valence-electron chi connectivity index (χ3n) is 3.81. The molecule has 0 radical (unpaired) electrons. The molecule has 2 atom stereocenters. The molecule has 2 fully saturated rings. The molecule has 0 aromatic heterocycles. The van der Waals surface area contributed by atoms with Gasteiger partial charge in [0.2, 0.25) is 10.0 Å². The Morgan fingerprint density at radius 3 is 2.62 bits per heavy atom. The van der Waals surface area contributed by atoms with Crippen molar-refractivity contribution < 1.29 is 27.5 Å². The number of carbonyl (C=O) groups excluding carboxylic acids is 3. The smallest absolute Gasteiger partial charge is 0.325 e. The number of carbonyl (C=O) groups is 3. The minimum absolute atomic E-state index is 0.186. The lowest BCUT2D eigenvalue weighted by molar-refractivity contribution is -0.139. The second-order valence-electron chi connectivity index (χ2n) is 5.14. The summed E-state index contributed by atoms with van der Waals surface area (Å²) in [6.07, 6.45) is 0.754. The molecule has 0 aromatic rings. The van der Waals surface area contributed by atoms with Crippen molar-refractivity contribution in [3.63, 3.8) is 0 Å². The second kappa shape index (κ2) is 5.26. The number of methoxy groups -OCH3 is 1. The zero-order valence-electron chi connectivity index (χ0n) is 11.7. The van der Waals surface area contributed by atoms with Crippen LogP contribution in [-0.2, 0) is 24.3 Å². The molecule has 10 heteroatoms. The van der Waals surface area contributed by atoms with Crippen LogP contribution in [0.1, 0.15) is 19.8 Å². The van der Waals surface area contributed by atoms with E-state index in [0.717, 1.165) is 11.4 Å². The van der Waals surface area contributed by atoms with E-state index in [9.17, 15) is 22.8 Å². The van der Waals surface area contributed by atoms with E-state index < -0.39 is 38.7 Å². The second-order valence-corrected chi connectivity index (χ2v) is 7.39. The van der Waals surface area contributed by atoms with Crippen LogP contribution < -0.4 is 10.6 Å². The first-order valence-corrected chi connectivity index (χ1v) is 7.94. The maximum atomic E-state index is 12.4. The van der Waals surface area contributed by atoms with Gasteiger partial charge in [-0.05, 0) is 19.8 Å². The lowest BCUT2D eigenvalue weighted by atomic mass is 9.90. The highest BCUT2D eigenvalue weighted by Crippen LogP contribution is 2.27. The lowest BCUT2D eigenvalue weighted by Crippen LogP contribution is -2.60. The number of nitrogens with one attached hydrogen (secondary N) is 2. The number of esters is 1. The van der Waals surface area contributed by atoms with Crippen LogP contribution in [0.25, 0.3) is 0 Å². The molecule has 0 bridgehead atoms. The van der Waals surface area contributed by atoms with Crippen LogP contribution in [0.5, 0.6) is 0 Å². The number of piperidine rings is 1. The Hall–Kier alpha value is -1.68. The SMILES string of the molecule is COC(=O)C(C)S(=O)(=O)N1CCCC2(C1)NC(=O)NC2=O. The minimum Gasteiger partial charge on any atom is -0.468 e. The first-order chi connectivity index (χ1) is 9.73. The monoisotopic (exact) mass is 319 g/mol. The van der Waals surface area contributed by atoms with Gasteiger partial charge in [-0.3, -0.25) is 14.9 Å². The van der Waals surface area contributed by atoms with Crippen molar-refractivity contribution in [2.75, 3.05) is 20.2 Å². The van der Waals surface area contributed by atoms with Gasteiger partial charge in [0, 0.05) is 13.1 Å². The number of amides is 3. The van der Waals surface area contributed by atoms with Crippen LogP contribution in [0.3, 0.4) is 0 Å². The fraction of sp³-hybridized carbons (Fsp3) is 0.727. The summed E-state index contributed by atoms with van der Waals surface area (Å²) < 4.78 is 30.3. The molecule has 118 valence electrons. The molecule has 1 spiro atoms. The molecular formula is C11H17N3O6S. The normalized spacial score (nSPS) is 28.1. The Bertz CT molecular complexity index is 589. The van der Waals surface area contributed by atoms with E-state index in [0.29, 0.717) is 12.8 Å². The van der Waals surface area contributed by atoms with Gasteiger partial charge in [0.15, 0.2) is 5.25 Å². The summed E-state index contributed by atoms with van der Waals surface area (Å²) >= 11 is 0. The molecule has 2 aliphatic heterocycles. The summed E-state index contributed by atoms with van der Waals surface area (Å²) in [7, 11) is -2.84. The van der Waals surface area contributed by atoms with E-state index in [1.165, 1.54) is 6.92 Å². The quantitative estimate of drug-likeness (QED) is 0.485. The number of hydrogen-bond acceptors (Lipinski definition) is 6. The van der Waals surface area contributed by atoms with Crippen molar-refractivity contribution >= 4 is 27.9 Å². The van der Waals surface area contributed by atoms with E-state index in [1.54, 1.807) is 0 Å². The average Bonchev–Trinajstić information content (AvgIpc) is 2.71. The molecule has 2 N–H and O–H groups in total. The van der Waals surface area contributed by atoms with Crippen LogP contribution in [0.2, 0.25) is 0 Å². The van der Waals surface area contributed by atoms with Gasteiger partial charge in [-0.25, -0.2) is 13.2 Å². The topological polar surface area (TPSA) is 122 Å². The summed E-state index contributed by atoms with van der Waals surface area (Å²) in [5.41, 5.74) is -1.25. The van der Waals surface area contributed by atoms with Crippen LogP contribution in [0.15, 0.2) is 0 Å². The van der Waals surface area contributed by atoms with Gasteiger partial charge in [0.25, 0.3) is 5.91 Å². The zero-order chi connectivity index (χ0) is 15.8. The Balaban J connectivity index is 2.24. The fourth-order valence-electron chi connectivity index (χ4n) is 2.56. The number of urea groups is 1. The highest BCUT2D eigenvalue weighted by Gasteiger charge is 2.51. The highest BCUT2D eigenvalue weighted by molar-refractivity contribution is 7.90. The highest BCUT2D eigenvalue weighted by atomic mass is 32.2.